The summed E-state index contributed by atoms with van der Waals surface area (Å²) in [4.78, 5) is 13.8. The minimum Gasteiger partial charge on any atom is -0.463 e. The van der Waals surface area contributed by atoms with E-state index in [2.05, 4.69) is 28.8 Å². The summed E-state index contributed by atoms with van der Waals surface area (Å²) in [5.41, 5.74) is 2.95. The third kappa shape index (κ3) is 4.42. The Balaban J connectivity index is 1.38. The molecule has 1 aliphatic rings. The zero-order chi connectivity index (χ0) is 20.1. The first-order valence-electron chi connectivity index (χ1n) is 10.0. The highest BCUT2D eigenvalue weighted by molar-refractivity contribution is 7.16. The van der Waals surface area contributed by atoms with Gasteiger partial charge >= 0.3 is 0 Å². The van der Waals surface area contributed by atoms with Crippen LogP contribution in [0.1, 0.15) is 52.6 Å². The van der Waals surface area contributed by atoms with E-state index in [1.165, 1.54) is 4.88 Å². The molecule has 0 spiro atoms. The van der Waals surface area contributed by atoms with Crippen LogP contribution in [0, 0.1) is 11.3 Å². The van der Waals surface area contributed by atoms with Gasteiger partial charge in [-0.25, -0.2) is 0 Å². The highest BCUT2D eigenvalue weighted by Gasteiger charge is 2.23. The molecule has 5 nitrogen and oxygen atoms in total. The van der Waals surface area contributed by atoms with Gasteiger partial charge < -0.3 is 15.1 Å². The van der Waals surface area contributed by atoms with Crippen molar-refractivity contribution in [3.8, 4) is 6.07 Å². The van der Waals surface area contributed by atoms with Crippen LogP contribution in [-0.2, 0) is 17.6 Å². The van der Waals surface area contributed by atoms with E-state index >= 15 is 0 Å². The van der Waals surface area contributed by atoms with Gasteiger partial charge in [-0.2, -0.15) is 5.26 Å². The van der Waals surface area contributed by atoms with Gasteiger partial charge in [-0.3, -0.25) is 4.79 Å². The van der Waals surface area contributed by atoms with Crippen LogP contribution in [-0.4, -0.2) is 12.5 Å². The molecule has 4 rings (SSSR count). The summed E-state index contributed by atoms with van der Waals surface area (Å²) in [5, 5.41) is 15.4. The predicted octanol–water partition coefficient (Wildman–Crippen LogP) is 3.77. The Morgan fingerprint density at radius 2 is 2.03 bits per heavy atom. The van der Waals surface area contributed by atoms with Crippen LogP contribution in [0.25, 0.3) is 0 Å². The lowest BCUT2D eigenvalue weighted by atomic mass is 9.96. The molecule has 6 heteroatoms. The van der Waals surface area contributed by atoms with Gasteiger partial charge in [0, 0.05) is 10.4 Å². The molecule has 29 heavy (non-hydrogen) atoms. The molecule has 2 aromatic heterocycles. The lowest BCUT2D eigenvalue weighted by molar-refractivity contribution is -0.687. The lowest BCUT2D eigenvalue weighted by Gasteiger charge is -2.13. The van der Waals surface area contributed by atoms with Crippen molar-refractivity contribution in [3.63, 3.8) is 0 Å². The molecule has 1 amide bonds. The van der Waals surface area contributed by atoms with Crippen molar-refractivity contribution in [1.82, 2.24) is 0 Å². The second-order valence-corrected chi connectivity index (χ2v) is 8.36. The third-order valence-corrected chi connectivity index (χ3v) is 6.53. The molecule has 3 N–H and O–H groups in total. The van der Waals surface area contributed by atoms with Gasteiger partial charge in [0.1, 0.15) is 11.1 Å². The number of hydrogen-bond acceptors (Lipinski definition) is 4. The zero-order valence-corrected chi connectivity index (χ0v) is 17.0. The van der Waals surface area contributed by atoms with E-state index in [0.29, 0.717) is 18.5 Å². The molecule has 2 heterocycles. The molecule has 0 saturated heterocycles. The Hall–Kier alpha value is -2.88. The SMILES string of the molecule is N#Cc1c(NC(=O)CC[NH2+][C@@H](c2ccccc2)c2ccco2)sc2c1CCCC2. The Morgan fingerprint density at radius 1 is 1.21 bits per heavy atom. The number of carbonyl (C=O) groups excluding carboxylic acids is 1. The van der Waals surface area contributed by atoms with E-state index < -0.39 is 0 Å². The highest BCUT2D eigenvalue weighted by atomic mass is 32.1. The van der Waals surface area contributed by atoms with E-state index in [1.807, 2.05) is 30.3 Å². The first-order valence-corrected chi connectivity index (χ1v) is 10.8. The fraction of sp³-hybridized carbons (Fsp3) is 0.304. The van der Waals surface area contributed by atoms with Gasteiger partial charge in [0.15, 0.2) is 11.8 Å². The molecule has 1 atom stereocenters. The molecule has 148 valence electrons. The molecule has 1 aromatic carbocycles. The normalized spacial score (nSPS) is 14.0. The number of nitrogens with one attached hydrogen (secondary N) is 1. The Morgan fingerprint density at radius 3 is 2.79 bits per heavy atom. The molecule has 0 radical (unpaired) electrons. The van der Waals surface area contributed by atoms with Crippen molar-refractivity contribution in [3.05, 3.63) is 76.1 Å². The minimum atomic E-state index is -0.0531. The maximum atomic E-state index is 12.5. The summed E-state index contributed by atoms with van der Waals surface area (Å²) in [7, 11) is 0. The van der Waals surface area contributed by atoms with E-state index in [4.69, 9.17) is 4.42 Å². The quantitative estimate of drug-likeness (QED) is 0.626. The Bertz CT molecular complexity index is 1000. The van der Waals surface area contributed by atoms with E-state index in [0.717, 1.165) is 47.6 Å². The molecule has 0 fully saturated rings. The first kappa shape index (κ1) is 19.4. The summed E-state index contributed by atoms with van der Waals surface area (Å²) in [5.74, 6) is 0.817. The van der Waals surface area contributed by atoms with Crippen LogP contribution in [0.4, 0.5) is 5.00 Å². The van der Waals surface area contributed by atoms with Gasteiger partial charge in [-0.1, -0.05) is 30.3 Å². The number of nitriles is 1. The largest absolute Gasteiger partial charge is 0.463 e. The number of carbonyl (C=O) groups is 1. The number of rotatable bonds is 7. The average molecular weight is 407 g/mol. The zero-order valence-electron chi connectivity index (χ0n) is 16.2. The third-order valence-electron chi connectivity index (χ3n) is 5.32. The van der Waals surface area contributed by atoms with Gasteiger partial charge in [0.25, 0.3) is 0 Å². The number of nitrogens with zero attached hydrogens (tertiary/aromatic N) is 1. The standard InChI is InChI=1S/C23H23N3O2S/c24-15-18-17-9-4-5-11-20(17)29-23(18)26-21(27)12-13-25-22(19-10-6-14-28-19)16-7-2-1-3-8-16/h1-3,6-8,10,14,22,25H,4-5,9,11-13H2,(H,26,27)/p+1/t22-/m0/s1. The van der Waals surface area contributed by atoms with Crippen molar-refractivity contribution in [2.75, 3.05) is 11.9 Å². The number of anilines is 1. The number of amides is 1. The fourth-order valence-corrected chi connectivity index (χ4v) is 5.14. The highest BCUT2D eigenvalue weighted by Crippen LogP contribution is 2.37. The van der Waals surface area contributed by atoms with Crippen LogP contribution >= 0.6 is 11.3 Å². The summed E-state index contributed by atoms with van der Waals surface area (Å²) < 4.78 is 5.61. The van der Waals surface area contributed by atoms with E-state index in [-0.39, 0.29) is 11.9 Å². The van der Waals surface area contributed by atoms with Crippen LogP contribution in [0.15, 0.2) is 53.1 Å². The minimum absolute atomic E-state index is 0.0164. The number of quaternary nitrogens is 1. The topological polar surface area (TPSA) is 82.6 Å². The summed E-state index contributed by atoms with van der Waals surface area (Å²) in [6.45, 7) is 0.624. The van der Waals surface area contributed by atoms with Crippen molar-refractivity contribution in [2.45, 2.75) is 38.1 Å². The number of fused-ring (bicyclic) bond motifs is 1. The Kier molecular flexibility index (Phi) is 6.09. The van der Waals surface area contributed by atoms with Gasteiger partial charge in [-0.15, -0.1) is 11.3 Å². The summed E-state index contributed by atoms with van der Waals surface area (Å²) >= 11 is 1.57. The molecule has 3 aromatic rings. The number of furan rings is 1. The Labute approximate surface area is 174 Å². The lowest BCUT2D eigenvalue weighted by Crippen LogP contribution is -2.85. The molecule has 0 unspecified atom stereocenters. The van der Waals surface area contributed by atoms with Crippen LogP contribution in [0.2, 0.25) is 0 Å². The number of hydrogen-bond donors (Lipinski definition) is 2. The molecule has 0 aliphatic heterocycles. The maximum Gasteiger partial charge on any atom is 0.230 e. The van der Waals surface area contributed by atoms with Crippen molar-refractivity contribution in [2.24, 2.45) is 0 Å². The second kappa shape index (κ2) is 9.08. The monoisotopic (exact) mass is 406 g/mol. The van der Waals surface area contributed by atoms with Crippen molar-refractivity contribution in [1.29, 1.82) is 5.26 Å². The number of nitrogens with two attached hydrogens (primary N) is 1. The van der Waals surface area contributed by atoms with E-state index in [9.17, 15) is 10.1 Å². The molecular formula is C23H24N3O2S+. The smallest absolute Gasteiger partial charge is 0.230 e. The molecule has 1 aliphatic carbocycles. The number of aryl methyl sites for hydroxylation is 1. The van der Waals surface area contributed by atoms with Gasteiger partial charge in [0.05, 0.1) is 24.8 Å². The maximum absolute atomic E-state index is 12.5. The molecule has 0 saturated carbocycles. The van der Waals surface area contributed by atoms with Crippen LogP contribution in [0.3, 0.4) is 0 Å². The van der Waals surface area contributed by atoms with Crippen LogP contribution in [0.5, 0.6) is 0 Å². The molecule has 0 bridgehead atoms. The first-order chi connectivity index (χ1) is 14.3. The summed E-state index contributed by atoms with van der Waals surface area (Å²) in [6, 6.07) is 16.3. The fourth-order valence-electron chi connectivity index (χ4n) is 3.89. The van der Waals surface area contributed by atoms with Crippen molar-refractivity contribution >= 4 is 22.2 Å². The number of thiophene rings is 1. The summed E-state index contributed by atoms with van der Waals surface area (Å²) in [6.07, 6.45) is 6.29. The second-order valence-electron chi connectivity index (χ2n) is 7.25. The molecular weight excluding hydrogens is 382 g/mol. The van der Waals surface area contributed by atoms with Gasteiger partial charge in [-0.05, 0) is 43.4 Å². The number of benzene rings is 1. The predicted molar refractivity (Wildman–Crippen MR) is 113 cm³/mol. The van der Waals surface area contributed by atoms with Gasteiger partial charge in [0.2, 0.25) is 5.91 Å². The van der Waals surface area contributed by atoms with Crippen LogP contribution < -0.4 is 10.6 Å². The average Bonchev–Trinajstić information content (AvgIpc) is 3.39. The van der Waals surface area contributed by atoms with Crippen molar-refractivity contribution < 1.29 is 14.5 Å². The van der Waals surface area contributed by atoms with E-state index in [1.54, 1.807) is 17.6 Å².